The number of hydrogen-bond donors (Lipinski definition) is 2. The van der Waals surface area contributed by atoms with Crippen LogP contribution < -0.4 is 5.43 Å². The third-order valence-electron chi connectivity index (χ3n) is 2.82. The highest BCUT2D eigenvalue weighted by Crippen LogP contribution is 2.36. The highest BCUT2D eigenvalue weighted by atomic mass is 79.9. The second-order valence-corrected chi connectivity index (χ2v) is 6.99. The van der Waals surface area contributed by atoms with Crippen LogP contribution in [0.2, 0.25) is 10.0 Å². The zero-order valence-corrected chi connectivity index (χ0v) is 14.8. The summed E-state index contributed by atoms with van der Waals surface area (Å²) in [7, 11) is 0. The Balaban J connectivity index is 1.89. The maximum Gasteiger partial charge on any atom is 0.160 e. The molecule has 2 aromatic heterocycles. The van der Waals surface area contributed by atoms with Crippen LogP contribution in [0.25, 0.3) is 10.9 Å². The van der Waals surface area contributed by atoms with Gasteiger partial charge in [0.15, 0.2) is 5.75 Å². The van der Waals surface area contributed by atoms with Crippen LogP contribution in [-0.4, -0.2) is 16.3 Å². The number of aromatic nitrogens is 1. The quantitative estimate of drug-likeness (QED) is 0.436. The van der Waals surface area contributed by atoms with Crippen molar-refractivity contribution in [3.05, 3.63) is 49.0 Å². The Bertz CT molecular complexity index is 882. The van der Waals surface area contributed by atoms with Crippen LogP contribution in [0.4, 0.5) is 5.82 Å². The molecule has 0 saturated carbocycles. The van der Waals surface area contributed by atoms with Gasteiger partial charge in [0, 0.05) is 20.1 Å². The van der Waals surface area contributed by atoms with Crippen LogP contribution >= 0.6 is 50.5 Å². The minimum Gasteiger partial charge on any atom is -0.504 e. The molecule has 0 radical (unpaired) electrons. The molecule has 1 aromatic carbocycles. The van der Waals surface area contributed by atoms with Crippen molar-refractivity contribution in [2.24, 2.45) is 5.10 Å². The van der Waals surface area contributed by atoms with E-state index in [-0.39, 0.29) is 10.8 Å². The van der Waals surface area contributed by atoms with E-state index < -0.39 is 0 Å². The highest BCUT2D eigenvalue weighted by Gasteiger charge is 2.11. The van der Waals surface area contributed by atoms with Crippen molar-refractivity contribution in [1.82, 2.24) is 4.98 Å². The van der Waals surface area contributed by atoms with Gasteiger partial charge in [-0.25, -0.2) is 4.98 Å². The van der Waals surface area contributed by atoms with Crippen LogP contribution in [-0.2, 0) is 0 Å². The van der Waals surface area contributed by atoms with Gasteiger partial charge in [-0.15, -0.1) is 11.3 Å². The maximum atomic E-state index is 9.99. The monoisotopic (exact) mass is 415 g/mol. The lowest BCUT2D eigenvalue weighted by molar-refractivity contribution is 0.480. The molecule has 0 atom stereocenters. The number of pyridine rings is 1. The number of thiophene rings is 1. The van der Waals surface area contributed by atoms with E-state index in [0.717, 1.165) is 9.35 Å². The summed E-state index contributed by atoms with van der Waals surface area (Å²) in [6.45, 7) is 0. The van der Waals surface area contributed by atoms with Gasteiger partial charge in [-0.3, -0.25) is 5.43 Å². The van der Waals surface area contributed by atoms with Crippen molar-refractivity contribution in [1.29, 1.82) is 0 Å². The number of phenolic OH excluding ortho intramolecular Hbond substituents is 1. The number of benzene rings is 1. The van der Waals surface area contributed by atoms with Crippen LogP contribution in [0.3, 0.4) is 0 Å². The number of nitrogens with zero attached hydrogens (tertiary/aromatic N) is 2. The minimum absolute atomic E-state index is 0.101. The van der Waals surface area contributed by atoms with Crippen molar-refractivity contribution in [3.8, 4) is 5.75 Å². The zero-order valence-electron chi connectivity index (χ0n) is 10.8. The topological polar surface area (TPSA) is 57.5 Å². The van der Waals surface area contributed by atoms with Gasteiger partial charge >= 0.3 is 0 Å². The number of fused-ring (bicyclic) bond motifs is 1. The van der Waals surface area contributed by atoms with Crippen molar-refractivity contribution < 1.29 is 5.11 Å². The number of nitrogens with one attached hydrogen (secondary N) is 1. The molecule has 4 nitrogen and oxygen atoms in total. The van der Waals surface area contributed by atoms with E-state index in [9.17, 15) is 5.11 Å². The molecule has 2 heterocycles. The van der Waals surface area contributed by atoms with E-state index in [1.165, 1.54) is 6.07 Å². The lowest BCUT2D eigenvalue weighted by Gasteiger charge is -2.06. The SMILES string of the molecule is Oc1c(Cl)cc(Cl)c2ccc(NN=Cc3cc(Br)cs3)nc12. The summed E-state index contributed by atoms with van der Waals surface area (Å²) in [6.07, 6.45) is 1.69. The van der Waals surface area contributed by atoms with Crippen molar-refractivity contribution in [2.45, 2.75) is 0 Å². The first kappa shape index (κ1) is 15.6. The van der Waals surface area contributed by atoms with Gasteiger partial charge in [-0.05, 0) is 40.2 Å². The molecule has 2 N–H and O–H groups in total. The van der Waals surface area contributed by atoms with Gasteiger partial charge < -0.3 is 5.11 Å². The van der Waals surface area contributed by atoms with Gasteiger partial charge in [0.2, 0.25) is 0 Å². The number of aromatic hydroxyl groups is 1. The molecule has 0 aliphatic rings. The summed E-state index contributed by atoms with van der Waals surface area (Å²) in [5, 5.41) is 17.3. The van der Waals surface area contributed by atoms with Crippen LogP contribution in [0.1, 0.15) is 4.88 Å². The number of anilines is 1. The second kappa shape index (κ2) is 6.42. The fraction of sp³-hybridized carbons (Fsp3) is 0. The van der Waals surface area contributed by atoms with Crippen molar-refractivity contribution in [3.63, 3.8) is 0 Å². The molecule has 0 saturated heterocycles. The molecule has 0 aliphatic carbocycles. The first-order valence-corrected chi connectivity index (χ1v) is 8.48. The number of phenols is 1. The molecule has 0 fully saturated rings. The third kappa shape index (κ3) is 3.20. The average Bonchev–Trinajstić information content (AvgIpc) is 2.90. The van der Waals surface area contributed by atoms with E-state index >= 15 is 0 Å². The molecule has 3 rings (SSSR count). The molecule has 0 aliphatic heterocycles. The van der Waals surface area contributed by atoms with Gasteiger partial charge in [-0.2, -0.15) is 5.10 Å². The highest BCUT2D eigenvalue weighted by molar-refractivity contribution is 9.10. The maximum absolute atomic E-state index is 9.99. The first-order valence-electron chi connectivity index (χ1n) is 6.05. The molecular weight excluding hydrogens is 409 g/mol. The summed E-state index contributed by atoms with van der Waals surface area (Å²) >= 11 is 16.9. The van der Waals surface area contributed by atoms with Crippen LogP contribution in [0, 0.1) is 0 Å². The molecule has 3 aromatic rings. The van der Waals surface area contributed by atoms with Crippen LogP contribution in [0.15, 0.2) is 39.2 Å². The van der Waals surface area contributed by atoms with Gasteiger partial charge in [0.05, 0.1) is 16.3 Å². The number of rotatable bonds is 3. The fourth-order valence-electron chi connectivity index (χ4n) is 1.82. The minimum atomic E-state index is -0.101. The van der Waals surface area contributed by atoms with E-state index in [4.69, 9.17) is 23.2 Å². The first-order chi connectivity index (χ1) is 10.5. The summed E-state index contributed by atoms with van der Waals surface area (Å²) < 4.78 is 1.01. The van der Waals surface area contributed by atoms with E-state index in [2.05, 4.69) is 31.4 Å². The van der Waals surface area contributed by atoms with Crippen molar-refractivity contribution >= 4 is 73.4 Å². The lowest BCUT2D eigenvalue weighted by Crippen LogP contribution is -1.93. The standard InChI is InChI=1S/C14H8BrCl2N3OS/c15-7-3-8(22-6-7)5-18-20-12-2-1-9-10(16)4-11(17)14(21)13(9)19-12/h1-6,21H,(H,19,20). The Labute approximate surface area is 148 Å². The van der Waals surface area contributed by atoms with E-state index in [0.29, 0.717) is 21.7 Å². The number of hydrazone groups is 1. The summed E-state index contributed by atoms with van der Waals surface area (Å²) in [4.78, 5) is 5.28. The lowest BCUT2D eigenvalue weighted by atomic mass is 10.2. The molecule has 0 unspecified atom stereocenters. The molecular formula is C14H8BrCl2N3OS. The Morgan fingerprint density at radius 1 is 1.27 bits per heavy atom. The number of hydrogen-bond acceptors (Lipinski definition) is 5. The number of halogens is 3. The predicted molar refractivity (Wildman–Crippen MR) is 96.7 cm³/mol. The molecule has 0 bridgehead atoms. The van der Waals surface area contributed by atoms with E-state index in [1.807, 2.05) is 11.4 Å². The summed E-state index contributed by atoms with van der Waals surface area (Å²) in [5.74, 6) is 0.379. The average molecular weight is 417 g/mol. The normalized spacial score (nSPS) is 11.4. The molecule has 8 heteroatoms. The molecule has 0 amide bonds. The molecule has 22 heavy (non-hydrogen) atoms. The predicted octanol–water partition coefficient (Wildman–Crippen LogP) is 5.52. The summed E-state index contributed by atoms with van der Waals surface area (Å²) in [6, 6.07) is 6.92. The Kier molecular flexibility index (Phi) is 4.54. The van der Waals surface area contributed by atoms with Gasteiger partial charge in [-0.1, -0.05) is 23.2 Å². The van der Waals surface area contributed by atoms with Gasteiger partial charge in [0.1, 0.15) is 11.3 Å². The second-order valence-electron chi connectivity index (χ2n) is 4.32. The summed E-state index contributed by atoms with van der Waals surface area (Å²) in [5.41, 5.74) is 3.14. The Morgan fingerprint density at radius 3 is 2.82 bits per heavy atom. The third-order valence-corrected chi connectivity index (χ3v) is 5.04. The van der Waals surface area contributed by atoms with Gasteiger partial charge in [0.25, 0.3) is 0 Å². The Morgan fingerprint density at radius 2 is 2.09 bits per heavy atom. The molecule has 0 spiro atoms. The largest absolute Gasteiger partial charge is 0.504 e. The zero-order chi connectivity index (χ0) is 15.7. The van der Waals surface area contributed by atoms with Crippen molar-refractivity contribution in [2.75, 3.05) is 5.43 Å². The fourth-order valence-corrected chi connectivity index (χ4v) is 3.64. The Hall–Kier alpha value is -1.34. The van der Waals surface area contributed by atoms with Crippen LogP contribution in [0.5, 0.6) is 5.75 Å². The van der Waals surface area contributed by atoms with E-state index in [1.54, 1.807) is 29.7 Å². The molecule has 112 valence electrons. The smallest absolute Gasteiger partial charge is 0.160 e.